The molecule has 2 heterocycles. The molecule has 3 aromatic rings. The van der Waals surface area contributed by atoms with Crippen molar-refractivity contribution in [1.82, 2.24) is 0 Å². The van der Waals surface area contributed by atoms with Crippen LogP contribution in [0.5, 0.6) is 5.75 Å². The summed E-state index contributed by atoms with van der Waals surface area (Å²) in [6, 6.07) is 15.5. The van der Waals surface area contributed by atoms with Crippen molar-refractivity contribution in [3.63, 3.8) is 0 Å². The number of amides is 1. The highest BCUT2D eigenvalue weighted by Gasteiger charge is 2.26. The first-order valence-corrected chi connectivity index (χ1v) is 15.2. The monoisotopic (exact) mass is 595 g/mol. The summed E-state index contributed by atoms with van der Waals surface area (Å²) in [4.78, 5) is 28.5. The molecular weight excluding hydrogens is 562 g/mol. The Morgan fingerprint density at radius 2 is 1.52 bits per heavy atom. The Labute approximate surface area is 244 Å². The largest absolute Gasteiger partial charge is 0.497 e. The van der Waals surface area contributed by atoms with E-state index in [-0.39, 0.29) is 21.8 Å². The van der Waals surface area contributed by atoms with E-state index in [9.17, 15) is 23.3 Å². The summed E-state index contributed by atoms with van der Waals surface area (Å²) >= 11 is 0. The number of piperidine rings is 1. The lowest BCUT2D eigenvalue weighted by Gasteiger charge is -2.31. The van der Waals surface area contributed by atoms with Crippen LogP contribution in [0.4, 0.5) is 28.4 Å². The maximum Gasteiger partial charge on any atom is 0.270 e. The number of nitro groups is 1. The zero-order valence-electron chi connectivity index (χ0n) is 23.2. The Balaban J connectivity index is 1.49. The van der Waals surface area contributed by atoms with Crippen LogP contribution in [0.3, 0.4) is 0 Å². The number of rotatable bonds is 9. The number of non-ortho nitro benzene ring substituents is 1. The van der Waals surface area contributed by atoms with Gasteiger partial charge in [-0.1, -0.05) is 0 Å². The van der Waals surface area contributed by atoms with Crippen LogP contribution in [-0.4, -0.2) is 65.8 Å². The van der Waals surface area contributed by atoms with Crippen LogP contribution in [0.25, 0.3) is 0 Å². The molecule has 5 rings (SSSR count). The van der Waals surface area contributed by atoms with Gasteiger partial charge < -0.3 is 24.6 Å². The van der Waals surface area contributed by atoms with Gasteiger partial charge in [-0.25, -0.2) is 8.42 Å². The van der Waals surface area contributed by atoms with Crippen molar-refractivity contribution in [3.8, 4) is 5.75 Å². The Kier molecular flexibility index (Phi) is 8.78. The highest BCUT2D eigenvalue weighted by Crippen LogP contribution is 2.33. The van der Waals surface area contributed by atoms with Crippen molar-refractivity contribution in [2.24, 2.45) is 0 Å². The third-order valence-corrected chi connectivity index (χ3v) is 8.74. The molecule has 0 aromatic heterocycles. The maximum absolute atomic E-state index is 13.7. The molecule has 42 heavy (non-hydrogen) atoms. The number of methoxy groups -OCH3 is 1. The van der Waals surface area contributed by atoms with E-state index in [0.29, 0.717) is 62.2 Å². The first-order chi connectivity index (χ1) is 20.2. The van der Waals surface area contributed by atoms with Gasteiger partial charge >= 0.3 is 0 Å². The summed E-state index contributed by atoms with van der Waals surface area (Å²) in [6.45, 7) is 3.43. The van der Waals surface area contributed by atoms with Crippen LogP contribution in [0.1, 0.15) is 29.6 Å². The van der Waals surface area contributed by atoms with E-state index >= 15 is 0 Å². The van der Waals surface area contributed by atoms with Gasteiger partial charge in [-0.05, 0) is 67.8 Å². The van der Waals surface area contributed by atoms with E-state index in [0.717, 1.165) is 19.3 Å². The molecule has 0 aliphatic carbocycles. The lowest BCUT2D eigenvalue weighted by molar-refractivity contribution is -0.384. The van der Waals surface area contributed by atoms with E-state index in [1.165, 1.54) is 25.3 Å². The molecule has 12 nitrogen and oxygen atoms in total. The average Bonchev–Trinajstić information content (AvgIpc) is 3.01. The molecule has 2 aliphatic rings. The number of nitrogens with one attached hydrogen (secondary N) is 2. The molecule has 13 heteroatoms. The molecule has 1 amide bonds. The molecule has 2 saturated heterocycles. The summed E-state index contributed by atoms with van der Waals surface area (Å²) < 4.78 is 40.7. The van der Waals surface area contributed by atoms with Crippen molar-refractivity contribution >= 4 is 44.4 Å². The van der Waals surface area contributed by atoms with Crippen LogP contribution in [-0.2, 0) is 14.8 Å². The van der Waals surface area contributed by atoms with E-state index in [2.05, 4.69) is 10.0 Å². The Bertz CT molecular complexity index is 1550. The lowest BCUT2D eigenvalue weighted by atomic mass is 10.1. The predicted octanol–water partition coefficient (Wildman–Crippen LogP) is 4.48. The Hall–Kier alpha value is -4.36. The molecule has 0 radical (unpaired) electrons. The molecule has 0 spiro atoms. The van der Waals surface area contributed by atoms with E-state index in [1.54, 1.807) is 42.5 Å². The zero-order valence-corrected chi connectivity index (χ0v) is 24.1. The Morgan fingerprint density at radius 3 is 2.19 bits per heavy atom. The van der Waals surface area contributed by atoms with Gasteiger partial charge in [0.15, 0.2) is 0 Å². The van der Waals surface area contributed by atoms with Crippen LogP contribution in [0, 0.1) is 10.1 Å². The fourth-order valence-electron chi connectivity index (χ4n) is 5.17. The van der Waals surface area contributed by atoms with Crippen molar-refractivity contribution in [2.75, 3.05) is 66.3 Å². The lowest BCUT2D eigenvalue weighted by Crippen LogP contribution is -2.37. The van der Waals surface area contributed by atoms with Gasteiger partial charge in [-0.15, -0.1) is 0 Å². The average molecular weight is 596 g/mol. The van der Waals surface area contributed by atoms with Gasteiger partial charge in [0.1, 0.15) is 10.6 Å². The number of sulfonamides is 1. The normalized spacial score (nSPS) is 15.6. The minimum atomic E-state index is -4.07. The molecule has 3 aromatic carbocycles. The first kappa shape index (κ1) is 29.1. The highest BCUT2D eigenvalue weighted by molar-refractivity contribution is 7.92. The number of nitro benzene ring substituents is 1. The molecular formula is C29H33N5O7S. The van der Waals surface area contributed by atoms with Gasteiger partial charge in [-0.2, -0.15) is 0 Å². The second-order valence-corrected chi connectivity index (χ2v) is 11.7. The van der Waals surface area contributed by atoms with Crippen LogP contribution in [0.2, 0.25) is 0 Å². The number of carbonyl (C=O) groups is 1. The number of hydrogen-bond donors (Lipinski definition) is 2. The second kappa shape index (κ2) is 12.7. The summed E-state index contributed by atoms with van der Waals surface area (Å²) in [5.74, 6) is 0.00614. The molecule has 0 atom stereocenters. The van der Waals surface area contributed by atoms with E-state index < -0.39 is 20.9 Å². The summed E-state index contributed by atoms with van der Waals surface area (Å²) in [5, 5.41) is 14.3. The number of anilines is 4. The van der Waals surface area contributed by atoms with Gasteiger partial charge in [0.2, 0.25) is 0 Å². The topological polar surface area (TPSA) is 143 Å². The number of benzene rings is 3. The van der Waals surface area contributed by atoms with Crippen LogP contribution >= 0.6 is 0 Å². The molecule has 2 fully saturated rings. The van der Waals surface area contributed by atoms with Crippen molar-refractivity contribution in [1.29, 1.82) is 0 Å². The summed E-state index contributed by atoms with van der Waals surface area (Å²) in [5.41, 5.74) is 1.59. The number of ether oxygens (including phenoxy) is 2. The minimum Gasteiger partial charge on any atom is -0.497 e. The highest BCUT2D eigenvalue weighted by atomic mass is 32.2. The Morgan fingerprint density at radius 1 is 0.881 bits per heavy atom. The van der Waals surface area contributed by atoms with Crippen molar-refractivity contribution < 1.29 is 27.6 Å². The van der Waals surface area contributed by atoms with E-state index in [1.807, 2.05) is 9.80 Å². The second-order valence-electron chi connectivity index (χ2n) is 10.1. The third kappa shape index (κ3) is 6.58. The number of hydrogen-bond acceptors (Lipinski definition) is 9. The number of morpholine rings is 1. The predicted molar refractivity (Wildman–Crippen MR) is 160 cm³/mol. The smallest absolute Gasteiger partial charge is 0.270 e. The summed E-state index contributed by atoms with van der Waals surface area (Å²) in [6.07, 6.45) is 2.97. The van der Waals surface area contributed by atoms with E-state index in [4.69, 9.17) is 9.47 Å². The third-order valence-electron chi connectivity index (χ3n) is 7.33. The van der Waals surface area contributed by atoms with Crippen molar-refractivity contribution in [3.05, 3.63) is 76.3 Å². The molecule has 0 bridgehead atoms. The van der Waals surface area contributed by atoms with Gasteiger partial charge in [0.25, 0.3) is 21.6 Å². The quantitative estimate of drug-likeness (QED) is 0.270. The fourth-order valence-corrected chi connectivity index (χ4v) is 6.48. The first-order valence-electron chi connectivity index (χ1n) is 13.7. The molecule has 2 aliphatic heterocycles. The molecule has 222 valence electrons. The minimum absolute atomic E-state index is 0.0189. The van der Waals surface area contributed by atoms with Gasteiger partial charge in [0.05, 0.1) is 42.2 Å². The van der Waals surface area contributed by atoms with Gasteiger partial charge in [-0.3, -0.25) is 19.6 Å². The molecule has 0 unspecified atom stereocenters. The molecule has 2 N–H and O–H groups in total. The number of nitrogens with zero attached hydrogens (tertiary/aromatic N) is 3. The SMILES string of the molecule is COc1ccc(NS(=O)(=O)c2cc(NC(=O)c3cc([N+](=O)[O-])ccc3N3CCOCC3)ccc2N2CCCCC2)cc1. The maximum atomic E-state index is 13.7. The fraction of sp³-hybridized carbons (Fsp3) is 0.345. The summed E-state index contributed by atoms with van der Waals surface area (Å²) in [7, 11) is -2.55. The van der Waals surface area contributed by atoms with Crippen molar-refractivity contribution in [2.45, 2.75) is 24.2 Å². The van der Waals surface area contributed by atoms with Crippen LogP contribution < -0.4 is 24.6 Å². The standard InChI is InChI=1S/C29H33N5O7S/c1-40-24-9-5-21(6-10-24)31-42(38,39)28-19-22(7-11-27(28)32-13-3-2-4-14-32)30-29(35)25-20-23(34(36)37)8-12-26(25)33-15-17-41-18-16-33/h5-12,19-20,31H,2-4,13-18H2,1H3,(H,30,35). The zero-order chi connectivity index (χ0) is 29.7. The number of carbonyl (C=O) groups excluding carboxylic acids is 1. The molecule has 0 saturated carbocycles. The van der Waals surface area contributed by atoms with Gasteiger partial charge in [0, 0.05) is 49.7 Å². The van der Waals surface area contributed by atoms with Crippen LogP contribution in [0.15, 0.2) is 65.6 Å².